The Kier molecular flexibility index (Phi) is 4.99. The Bertz CT molecular complexity index is 609. The minimum atomic E-state index is 0.580. The fourth-order valence-corrected chi connectivity index (χ4v) is 3.22. The van der Waals surface area contributed by atoms with E-state index in [1.165, 1.54) is 24.0 Å². The summed E-state index contributed by atoms with van der Waals surface area (Å²) in [6.45, 7) is 1.54. The van der Waals surface area contributed by atoms with Gasteiger partial charge in [0.15, 0.2) is 0 Å². The van der Waals surface area contributed by atoms with Crippen molar-refractivity contribution in [3.63, 3.8) is 0 Å². The van der Waals surface area contributed by atoms with Gasteiger partial charge < -0.3 is 10.1 Å². The second kappa shape index (κ2) is 6.95. The highest BCUT2D eigenvalue weighted by atomic mass is 79.9. The summed E-state index contributed by atoms with van der Waals surface area (Å²) in [5.41, 5.74) is 2.51. The Hall–Kier alpha value is -0.840. The summed E-state index contributed by atoms with van der Waals surface area (Å²) in [6, 6.07) is 15.3. The molecule has 0 unspecified atom stereocenters. The van der Waals surface area contributed by atoms with Crippen LogP contribution in [-0.2, 0) is 13.2 Å². The topological polar surface area (TPSA) is 21.3 Å². The summed E-state index contributed by atoms with van der Waals surface area (Å²) in [4.78, 5) is 0. The molecule has 1 aliphatic carbocycles. The number of ether oxygens (including phenoxy) is 1. The predicted octanol–water partition coefficient (Wildman–Crippen LogP) is 5.04. The molecular weight excluding hydrogens is 394 g/mol. The van der Waals surface area contributed by atoms with E-state index in [1.807, 2.05) is 18.2 Å². The van der Waals surface area contributed by atoms with Gasteiger partial charge in [0.05, 0.1) is 4.47 Å². The van der Waals surface area contributed by atoms with E-state index in [-0.39, 0.29) is 0 Å². The van der Waals surface area contributed by atoms with E-state index < -0.39 is 0 Å². The molecule has 1 fully saturated rings. The molecule has 0 spiro atoms. The van der Waals surface area contributed by atoms with Gasteiger partial charge in [0.1, 0.15) is 12.4 Å². The third kappa shape index (κ3) is 4.56. The molecule has 21 heavy (non-hydrogen) atoms. The fraction of sp³-hybridized carbons (Fsp3) is 0.294. The molecule has 1 aliphatic rings. The lowest BCUT2D eigenvalue weighted by molar-refractivity contribution is 0.304. The normalized spacial score (nSPS) is 14.2. The summed E-state index contributed by atoms with van der Waals surface area (Å²) in [5, 5.41) is 3.52. The first-order chi connectivity index (χ1) is 10.2. The van der Waals surface area contributed by atoms with Crippen LogP contribution >= 0.6 is 31.9 Å². The molecule has 110 valence electrons. The van der Waals surface area contributed by atoms with Crippen molar-refractivity contribution in [2.75, 3.05) is 0 Å². The Morgan fingerprint density at radius 1 is 1.00 bits per heavy atom. The molecule has 0 radical (unpaired) electrons. The maximum absolute atomic E-state index is 5.84. The van der Waals surface area contributed by atoms with Crippen molar-refractivity contribution < 1.29 is 4.74 Å². The monoisotopic (exact) mass is 409 g/mol. The first kappa shape index (κ1) is 15.1. The lowest BCUT2D eigenvalue weighted by Gasteiger charge is -2.09. The number of benzene rings is 2. The van der Waals surface area contributed by atoms with Crippen molar-refractivity contribution in [1.82, 2.24) is 5.32 Å². The molecule has 1 N–H and O–H groups in total. The number of nitrogens with one attached hydrogen (secondary N) is 1. The van der Waals surface area contributed by atoms with E-state index in [1.54, 1.807) is 0 Å². The van der Waals surface area contributed by atoms with Crippen molar-refractivity contribution in [1.29, 1.82) is 0 Å². The average Bonchev–Trinajstić information content (AvgIpc) is 3.30. The van der Waals surface area contributed by atoms with Crippen molar-refractivity contribution in [3.05, 3.63) is 62.5 Å². The van der Waals surface area contributed by atoms with Gasteiger partial charge in [-0.05, 0) is 58.1 Å². The van der Waals surface area contributed by atoms with Crippen LogP contribution in [0.3, 0.4) is 0 Å². The van der Waals surface area contributed by atoms with Crippen LogP contribution in [0, 0.1) is 0 Å². The summed E-state index contributed by atoms with van der Waals surface area (Å²) < 4.78 is 7.84. The van der Waals surface area contributed by atoms with E-state index >= 15 is 0 Å². The zero-order chi connectivity index (χ0) is 14.7. The summed E-state index contributed by atoms with van der Waals surface area (Å²) >= 11 is 6.95. The van der Waals surface area contributed by atoms with Gasteiger partial charge in [-0.2, -0.15) is 0 Å². The van der Waals surface area contributed by atoms with Crippen LogP contribution < -0.4 is 10.1 Å². The van der Waals surface area contributed by atoms with Gasteiger partial charge in [-0.3, -0.25) is 0 Å². The maximum Gasteiger partial charge on any atom is 0.134 e. The second-order valence-corrected chi connectivity index (χ2v) is 7.11. The number of hydrogen-bond acceptors (Lipinski definition) is 2. The van der Waals surface area contributed by atoms with Gasteiger partial charge in [0.2, 0.25) is 0 Å². The molecule has 4 heteroatoms. The molecule has 0 aliphatic heterocycles. The minimum absolute atomic E-state index is 0.580. The van der Waals surface area contributed by atoms with Crippen LogP contribution in [0.4, 0.5) is 0 Å². The lowest BCUT2D eigenvalue weighted by Crippen LogP contribution is -2.15. The Morgan fingerprint density at radius 2 is 1.71 bits per heavy atom. The van der Waals surface area contributed by atoms with Crippen LogP contribution in [-0.4, -0.2) is 6.04 Å². The van der Waals surface area contributed by atoms with Gasteiger partial charge in [-0.1, -0.05) is 40.2 Å². The van der Waals surface area contributed by atoms with Crippen LogP contribution in [0.25, 0.3) is 0 Å². The highest BCUT2D eigenvalue weighted by Gasteiger charge is 2.19. The summed E-state index contributed by atoms with van der Waals surface area (Å²) in [6.07, 6.45) is 2.65. The van der Waals surface area contributed by atoms with Gasteiger partial charge in [0.25, 0.3) is 0 Å². The van der Waals surface area contributed by atoms with E-state index in [0.717, 1.165) is 27.3 Å². The minimum Gasteiger partial charge on any atom is -0.488 e. The van der Waals surface area contributed by atoms with Crippen LogP contribution in [0.15, 0.2) is 51.4 Å². The third-order valence-corrected chi connectivity index (χ3v) is 4.60. The molecule has 2 nitrogen and oxygen atoms in total. The second-order valence-electron chi connectivity index (χ2n) is 5.34. The molecular formula is C17H17Br2NO. The number of halogens is 2. The maximum atomic E-state index is 5.84. The smallest absolute Gasteiger partial charge is 0.134 e. The van der Waals surface area contributed by atoms with Gasteiger partial charge in [0, 0.05) is 17.1 Å². The Morgan fingerprint density at radius 3 is 2.38 bits per heavy atom. The molecule has 0 bridgehead atoms. The quantitative estimate of drug-likeness (QED) is 0.719. The first-order valence-electron chi connectivity index (χ1n) is 7.10. The van der Waals surface area contributed by atoms with E-state index in [0.29, 0.717) is 6.61 Å². The predicted molar refractivity (Wildman–Crippen MR) is 92.5 cm³/mol. The Labute approximate surface area is 142 Å². The molecule has 3 rings (SSSR count). The van der Waals surface area contributed by atoms with Gasteiger partial charge >= 0.3 is 0 Å². The first-order valence-corrected chi connectivity index (χ1v) is 8.68. The molecule has 0 saturated heterocycles. The molecule has 0 amide bonds. The van der Waals surface area contributed by atoms with E-state index in [4.69, 9.17) is 4.74 Å². The van der Waals surface area contributed by atoms with E-state index in [9.17, 15) is 0 Å². The summed E-state index contributed by atoms with van der Waals surface area (Å²) in [5.74, 6) is 0.859. The average molecular weight is 411 g/mol. The fourth-order valence-electron chi connectivity index (χ4n) is 2.06. The largest absolute Gasteiger partial charge is 0.488 e. The van der Waals surface area contributed by atoms with Crippen LogP contribution in [0.2, 0.25) is 0 Å². The van der Waals surface area contributed by atoms with Crippen molar-refractivity contribution in [2.24, 2.45) is 0 Å². The van der Waals surface area contributed by atoms with Crippen molar-refractivity contribution in [2.45, 2.75) is 32.0 Å². The zero-order valence-electron chi connectivity index (χ0n) is 11.6. The van der Waals surface area contributed by atoms with Gasteiger partial charge in [-0.15, -0.1) is 0 Å². The molecule has 0 atom stereocenters. The molecule has 0 aromatic heterocycles. The van der Waals surface area contributed by atoms with Crippen molar-refractivity contribution >= 4 is 31.9 Å². The van der Waals surface area contributed by atoms with Crippen molar-refractivity contribution in [3.8, 4) is 5.75 Å². The highest BCUT2D eigenvalue weighted by Crippen LogP contribution is 2.28. The highest BCUT2D eigenvalue weighted by molar-refractivity contribution is 9.11. The number of rotatable bonds is 6. The Balaban J connectivity index is 1.54. The van der Waals surface area contributed by atoms with Gasteiger partial charge in [-0.25, -0.2) is 0 Å². The third-order valence-electron chi connectivity index (χ3n) is 3.48. The van der Waals surface area contributed by atoms with Crippen LogP contribution in [0.1, 0.15) is 24.0 Å². The molecule has 2 aromatic carbocycles. The number of hydrogen-bond donors (Lipinski definition) is 1. The van der Waals surface area contributed by atoms with E-state index in [2.05, 4.69) is 61.4 Å². The SMILES string of the molecule is Brc1ccc(OCc2ccc(CNC3CC3)cc2)c(Br)c1. The molecule has 0 heterocycles. The summed E-state index contributed by atoms with van der Waals surface area (Å²) in [7, 11) is 0. The zero-order valence-corrected chi connectivity index (χ0v) is 14.8. The lowest BCUT2D eigenvalue weighted by atomic mass is 10.1. The molecule has 2 aromatic rings. The van der Waals surface area contributed by atoms with Crippen LogP contribution in [0.5, 0.6) is 5.75 Å². The molecule has 1 saturated carbocycles. The standard InChI is InChI=1S/C17H17Br2NO/c18-14-5-8-17(16(19)9-14)21-11-13-3-1-12(2-4-13)10-20-15-6-7-15/h1-5,8-9,15,20H,6-7,10-11H2.